The molecule has 14 heavy (non-hydrogen) atoms. The standard InChI is InChI=1S/C11H20N2O/c1-3-7-12-9-11(14)13(8-4-2)10-5-6-10/h4,10,12H,2-3,5-9H2,1H3. The van der Waals surface area contributed by atoms with Crippen LogP contribution in [0.3, 0.4) is 0 Å². The van der Waals surface area contributed by atoms with Crippen molar-refractivity contribution in [3.63, 3.8) is 0 Å². The van der Waals surface area contributed by atoms with Gasteiger partial charge in [-0.3, -0.25) is 4.79 Å². The average molecular weight is 196 g/mol. The molecule has 1 rings (SSSR count). The van der Waals surface area contributed by atoms with E-state index in [9.17, 15) is 4.79 Å². The summed E-state index contributed by atoms with van der Waals surface area (Å²) in [4.78, 5) is 13.6. The fraction of sp³-hybridized carbons (Fsp3) is 0.727. The van der Waals surface area contributed by atoms with Gasteiger partial charge in [-0.25, -0.2) is 0 Å². The molecule has 0 atom stereocenters. The zero-order valence-electron chi connectivity index (χ0n) is 8.96. The van der Waals surface area contributed by atoms with Gasteiger partial charge in [0.05, 0.1) is 6.54 Å². The van der Waals surface area contributed by atoms with Crippen molar-refractivity contribution in [3.05, 3.63) is 12.7 Å². The second-order valence-electron chi connectivity index (χ2n) is 3.74. The molecule has 0 aromatic carbocycles. The van der Waals surface area contributed by atoms with Crippen molar-refractivity contribution >= 4 is 5.91 Å². The van der Waals surface area contributed by atoms with Gasteiger partial charge in [0.15, 0.2) is 0 Å². The molecule has 0 saturated heterocycles. The minimum Gasteiger partial charge on any atom is -0.335 e. The van der Waals surface area contributed by atoms with E-state index in [1.54, 1.807) is 6.08 Å². The van der Waals surface area contributed by atoms with Gasteiger partial charge in [-0.05, 0) is 25.8 Å². The molecule has 0 aliphatic heterocycles. The molecule has 1 saturated carbocycles. The van der Waals surface area contributed by atoms with E-state index in [0.717, 1.165) is 25.8 Å². The van der Waals surface area contributed by atoms with Gasteiger partial charge < -0.3 is 10.2 Å². The summed E-state index contributed by atoms with van der Waals surface area (Å²) in [5.41, 5.74) is 0. The first-order chi connectivity index (χ1) is 6.79. The Hall–Kier alpha value is -0.830. The lowest BCUT2D eigenvalue weighted by Gasteiger charge is -2.20. The van der Waals surface area contributed by atoms with E-state index in [-0.39, 0.29) is 5.91 Å². The van der Waals surface area contributed by atoms with Crippen molar-refractivity contribution in [1.29, 1.82) is 0 Å². The highest BCUT2D eigenvalue weighted by atomic mass is 16.2. The Balaban J connectivity index is 2.26. The average Bonchev–Trinajstić information content (AvgIpc) is 2.98. The lowest BCUT2D eigenvalue weighted by Crippen LogP contribution is -2.39. The summed E-state index contributed by atoms with van der Waals surface area (Å²) < 4.78 is 0. The Morgan fingerprint density at radius 1 is 1.64 bits per heavy atom. The number of hydrogen-bond donors (Lipinski definition) is 1. The maximum atomic E-state index is 11.7. The van der Waals surface area contributed by atoms with Gasteiger partial charge in [0.1, 0.15) is 0 Å². The molecule has 1 fully saturated rings. The van der Waals surface area contributed by atoms with Crippen LogP contribution in [0.5, 0.6) is 0 Å². The van der Waals surface area contributed by atoms with Crippen molar-refractivity contribution in [2.75, 3.05) is 19.6 Å². The predicted octanol–water partition coefficient (Wildman–Crippen LogP) is 1.16. The van der Waals surface area contributed by atoms with Gasteiger partial charge >= 0.3 is 0 Å². The van der Waals surface area contributed by atoms with Crippen LogP contribution < -0.4 is 5.32 Å². The molecule has 0 aromatic heterocycles. The first-order valence-corrected chi connectivity index (χ1v) is 5.40. The second kappa shape index (κ2) is 5.81. The highest BCUT2D eigenvalue weighted by molar-refractivity contribution is 5.79. The molecule has 1 amide bonds. The summed E-state index contributed by atoms with van der Waals surface area (Å²) in [5, 5.41) is 3.13. The summed E-state index contributed by atoms with van der Waals surface area (Å²) >= 11 is 0. The maximum absolute atomic E-state index is 11.7. The van der Waals surface area contributed by atoms with Crippen LogP contribution >= 0.6 is 0 Å². The predicted molar refractivity (Wildman–Crippen MR) is 58.1 cm³/mol. The van der Waals surface area contributed by atoms with E-state index in [0.29, 0.717) is 19.1 Å². The van der Waals surface area contributed by atoms with Gasteiger partial charge in [-0.1, -0.05) is 13.0 Å². The monoisotopic (exact) mass is 196 g/mol. The van der Waals surface area contributed by atoms with Crippen LogP contribution in [-0.2, 0) is 4.79 Å². The third-order valence-electron chi connectivity index (χ3n) is 2.34. The Kier molecular flexibility index (Phi) is 4.66. The topological polar surface area (TPSA) is 32.3 Å². The molecule has 3 heteroatoms. The number of carbonyl (C=O) groups excluding carboxylic acids is 1. The molecular formula is C11H20N2O. The molecule has 0 radical (unpaired) electrons. The van der Waals surface area contributed by atoms with Gasteiger partial charge in [-0.15, -0.1) is 6.58 Å². The second-order valence-corrected chi connectivity index (χ2v) is 3.74. The Morgan fingerprint density at radius 3 is 2.86 bits per heavy atom. The van der Waals surface area contributed by atoms with Gasteiger partial charge in [0, 0.05) is 12.6 Å². The fourth-order valence-corrected chi connectivity index (χ4v) is 1.45. The summed E-state index contributed by atoms with van der Waals surface area (Å²) in [7, 11) is 0. The van der Waals surface area contributed by atoms with Crippen LogP contribution in [-0.4, -0.2) is 36.5 Å². The largest absolute Gasteiger partial charge is 0.335 e. The first-order valence-electron chi connectivity index (χ1n) is 5.40. The lowest BCUT2D eigenvalue weighted by molar-refractivity contribution is -0.130. The highest BCUT2D eigenvalue weighted by Gasteiger charge is 2.31. The summed E-state index contributed by atoms with van der Waals surface area (Å²) in [6.45, 7) is 7.85. The number of amides is 1. The third kappa shape index (κ3) is 3.50. The van der Waals surface area contributed by atoms with Crippen molar-refractivity contribution < 1.29 is 4.79 Å². The Morgan fingerprint density at radius 2 is 2.36 bits per heavy atom. The molecule has 1 aliphatic carbocycles. The zero-order chi connectivity index (χ0) is 10.4. The van der Waals surface area contributed by atoms with Crippen LogP contribution in [0.25, 0.3) is 0 Å². The summed E-state index contributed by atoms with van der Waals surface area (Å²) in [5.74, 6) is 0.209. The smallest absolute Gasteiger partial charge is 0.237 e. The van der Waals surface area contributed by atoms with Gasteiger partial charge in [0.25, 0.3) is 0 Å². The van der Waals surface area contributed by atoms with Crippen molar-refractivity contribution in [2.24, 2.45) is 0 Å². The molecule has 1 aliphatic rings. The van der Waals surface area contributed by atoms with Crippen LogP contribution in [0.15, 0.2) is 12.7 Å². The van der Waals surface area contributed by atoms with Crippen molar-refractivity contribution in [1.82, 2.24) is 10.2 Å². The quantitative estimate of drug-likeness (QED) is 0.489. The highest BCUT2D eigenvalue weighted by Crippen LogP contribution is 2.26. The Labute approximate surface area is 86.2 Å². The molecule has 0 aromatic rings. The first kappa shape index (κ1) is 11.2. The van der Waals surface area contributed by atoms with Crippen LogP contribution in [0, 0.1) is 0 Å². The van der Waals surface area contributed by atoms with E-state index in [2.05, 4.69) is 18.8 Å². The van der Waals surface area contributed by atoms with Crippen molar-refractivity contribution in [2.45, 2.75) is 32.2 Å². The van der Waals surface area contributed by atoms with E-state index in [4.69, 9.17) is 0 Å². The fourth-order valence-electron chi connectivity index (χ4n) is 1.45. The molecule has 0 bridgehead atoms. The van der Waals surface area contributed by atoms with Gasteiger partial charge in [-0.2, -0.15) is 0 Å². The number of hydrogen-bond acceptors (Lipinski definition) is 2. The number of nitrogens with one attached hydrogen (secondary N) is 1. The maximum Gasteiger partial charge on any atom is 0.237 e. The number of carbonyl (C=O) groups is 1. The summed E-state index contributed by atoms with van der Waals surface area (Å²) in [6, 6.07) is 0.490. The van der Waals surface area contributed by atoms with Crippen LogP contribution in [0.1, 0.15) is 26.2 Å². The number of nitrogens with zero attached hydrogens (tertiary/aromatic N) is 1. The van der Waals surface area contributed by atoms with E-state index in [1.165, 1.54) is 0 Å². The minimum atomic E-state index is 0.209. The SMILES string of the molecule is C=CCN(C(=O)CNCCC)C1CC1. The molecule has 0 unspecified atom stereocenters. The lowest BCUT2D eigenvalue weighted by atomic mass is 10.4. The van der Waals surface area contributed by atoms with Crippen molar-refractivity contribution in [3.8, 4) is 0 Å². The number of rotatable bonds is 7. The zero-order valence-corrected chi connectivity index (χ0v) is 8.96. The third-order valence-corrected chi connectivity index (χ3v) is 2.34. The molecule has 80 valence electrons. The molecule has 1 N–H and O–H groups in total. The molecule has 0 spiro atoms. The minimum absolute atomic E-state index is 0.209. The summed E-state index contributed by atoms with van der Waals surface area (Å²) in [6.07, 6.45) is 5.19. The van der Waals surface area contributed by atoms with Crippen LogP contribution in [0.4, 0.5) is 0 Å². The Bertz CT molecular complexity index is 199. The van der Waals surface area contributed by atoms with Crippen LogP contribution in [0.2, 0.25) is 0 Å². The molecular weight excluding hydrogens is 176 g/mol. The van der Waals surface area contributed by atoms with E-state index in [1.807, 2.05) is 4.90 Å². The molecule has 0 heterocycles. The molecule has 3 nitrogen and oxygen atoms in total. The normalized spacial score (nSPS) is 15.2. The van der Waals surface area contributed by atoms with Gasteiger partial charge in [0.2, 0.25) is 5.91 Å². The van der Waals surface area contributed by atoms with E-state index < -0.39 is 0 Å². The van der Waals surface area contributed by atoms with E-state index >= 15 is 0 Å².